The highest BCUT2D eigenvalue weighted by molar-refractivity contribution is 8.00. The summed E-state index contributed by atoms with van der Waals surface area (Å²) in [5.41, 5.74) is 0. The van der Waals surface area contributed by atoms with Crippen molar-refractivity contribution in [3.63, 3.8) is 0 Å². The normalized spacial score (nSPS) is 20.4. The number of carbonyl (C=O) groups is 2. The predicted octanol–water partition coefficient (Wildman–Crippen LogP) is 1.33. The molecular formula is C10H8O4S. The molecular weight excluding hydrogens is 216 g/mol. The molecule has 1 heterocycles. The van der Waals surface area contributed by atoms with Gasteiger partial charge in [0, 0.05) is 4.90 Å². The molecule has 1 aromatic rings. The summed E-state index contributed by atoms with van der Waals surface area (Å²) in [5.74, 6) is -0.793. The Morgan fingerprint density at radius 3 is 2.47 bits per heavy atom. The highest BCUT2D eigenvalue weighted by Crippen LogP contribution is 2.30. The van der Waals surface area contributed by atoms with Crippen molar-refractivity contribution in [1.82, 2.24) is 0 Å². The molecule has 1 aromatic carbocycles. The quantitative estimate of drug-likeness (QED) is 0.606. The Hall–Kier alpha value is -1.49. The van der Waals surface area contributed by atoms with Crippen molar-refractivity contribution in [3.8, 4) is 5.75 Å². The first kappa shape index (κ1) is 10.0. The van der Waals surface area contributed by atoms with E-state index in [2.05, 4.69) is 4.74 Å². The van der Waals surface area contributed by atoms with Crippen LogP contribution in [-0.2, 0) is 14.3 Å². The van der Waals surface area contributed by atoms with Crippen LogP contribution in [0.25, 0.3) is 0 Å². The first-order valence-corrected chi connectivity index (χ1v) is 5.23. The average molecular weight is 224 g/mol. The summed E-state index contributed by atoms with van der Waals surface area (Å²) in [4.78, 5) is 22.8. The zero-order valence-electron chi connectivity index (χ0n) is 7.67. The molecule has 1 aliphatic heterocycles. The molecule has 1 atom stereocenters. The van der Waals surface area contributed by atoms with Gasteiger partial charge < -0.3 is 9.84 Å². The van der Waals surface area contributed by atoms with E-state index in [1.807, 2.05) is 0 Å². The summed E-state index contributed by atoms with van der Waals surface area (Å²) in [5, 5.41) is 8.60. The van der Waals surface area contributed by atoms with E-state index in [-0.39, 0.29) is 12.2 Å². The second-order valence-corrected chi connectivity index (χ2v) is 4.37. The molecule has 4 nitrogen and oxygen atoms in total. The summed E-state index contributed by atoms with van der Waals surface area (Å²) in [6.45, 7) is 0. The van der Waals surface area contributed by atoms with E-state index in [9.17, 15) is 9.59 Å². The van der Waals surface area contributed by atoms with Crippen LogP contribution in [0.4, 0.5) is 0 Å². The van der Waals surface area contributed by atoms with Gasteiger partial charge in [-0.25, -0.2) is 0 Å². The number of rotatable bonds is 2. The number of hydrogen-bond donors (Lipinski definition) is 1. The number of benzene rings is 1. The van der Waals surface area contributed by atoms with E-state index < -0.39 is 17.2 Å². The van der Waals surface area contributed by atoms with Gasteiger partial charge in [0.15, 0.2) is 0 Å². The lowest BCUT2D eigenvalue weighted by atomic mass is 10.3. The fourth-order valence-electron chi connectivity index (χ4n) is 1.23. The molecule has 0 aliphatic carbocycles. The summed E-state index contributed by atoms with van der Waals surface area (Å²) in [6, 6.07) is 6.45. The Balaban J connectivity index is 2.06. The van der Waals surface area contributed by atoms with Crippen molar-refractivity contribution in [2.75, 3.05) is 0 Å². The number of hydrogen-bond acceptors (Lipinski definition) is 5. The largest absolute Gasteiger partial charge is 0.508 e. The van der Waals surface area contributed by atoms with Crippen molar-refractivity contribution in [1.29, 1.82) is 0 Å². The second kappa shape index (κ2) is 3.94. The van der Waals surface area contributed by atoms with Crippen LogP contribution >= 0.6 is 11.8 Å². The molecule has 15 heavy (non-hydrogen) atoms. The summed E-state index contributed by atoms with van der Waals surface area (Å²) < 4.78 is 4.42. The Bertz CT molecular complexity index is 398. The van der Waals surface area contributed by atoms with Gasteiger partial charge >= 0.3 is 11.9 Å². The van der Waals surface area contributed by atoms with Crippen LogP contribution in [0.3, 0.4) is 0 Å². The molecule has 1 saturated heterocycles. The minimum absolute atomic E-state index is 0.115. The van der Waals surface area contributed by atoms with Gasteiger partial charge in [0.1, 0.15) is 11.0 Å². The standard InChI is InChI=1S/C10H8O4S/c11-6-1-3-7(4-2-6)15-8-5-9(12)14-10(8)13/h1-4,8,11H,5H2. The third kappa shape index (κ3) is 2.30. The van der Waals surface area contributed by atoms with Crippen LogP contribution in [0, 0.1) is 0 Å². The van der Waals surface area contributed by atoms with Crippen molar-refractivity contribution in [2.45, 2.75) is 16.6 Å². The molecule has 2 rings (SSSR count). The van der Waals surface area contributed by atoms with Crippen LogP contribution in [0.1, 0.15) is 6.42 Å². The molecule has 0 saturated carbocycles. The number of cyclic esters (lactones) is 2. The lowest BCUT2D eigenvalue weighted by Gasteiger charge is -2.03. The number of phenols is 1. The Kier molecular flexibility index (Phi) is 2.64. The van der Waals surface area contributed by atoms with Gasteiger partial charge in [0.25, 0.3) is 0 Å². The molecule has 78 valence electrons. The summed E-state index contributed by atoms with van der Waals surface area (Å²) in [6.07, 6.45) is 0.115. The molecule has 0 radical (unpaired) electrons. The highest BCUT2D eigenvalue weighted by Gasteiger charge is 2.34. The molecule has 1 aliphatic rings. The number of phenolic OH excluding ortho intramolecular Hbond substituents is 1. The fraction of sp³-hybridized carbons (Fsp3) is 0.200. The lowest BCUT2D eigenvalue weighted by molar-refractivity contribution is -0.151. The van der Waals surface area contributed by atoms with Gasteiger partial charge in [0.2, 0.25) is 0 Å². The highest BCUT2D eigenvalue weighted by atomic mass is 32.2. The maximum Gasteiger partial charge on any atom is 0.327 e. The third-order valence-corrected chi connectivity index (χ3v) is 3.13. The van der Waals surface area contributed by atoms with E-state index >= 15 is 0 Å². The van der Waals surface area contributed by atoms with Gasteiger partial charge in [-0.05, 0) is 24.3 Å². The average Bonchev–Trinajstić information content (AvgIpc) is 2.49. The number of esters is 2. The molecule has 1 fully saturated rings. The minimum Gasteiger partial charge on any atom is -0.508 e. The van der Waals surface area contributed by atoms with Crippen LogP contribution < -0.4 is 0 Å². The first-order chi connectivity index (χ1) is 7.15. The molecule has 1 N–H and O–H groups in total. The monoisotopic (exact) mass is 224 g/mol. The SMILES string of the molecule is O=C1CC(Sc2ccc(O)cc2)C(=O)O1. The van der Waals surface area contributed by atoms with E-state index in [4.69, 9.17) is 5.11 Å². The van der Waals surface area contributed by atoms with Crippen LogP contribution in [0.2, 0.25) is 0 Å². The lowest BCUT2D eigenvalue weighted by Crippen LogP contribution is -2.08. The van der Waals surface area contributed by atoms with Gasteiger partial charge in [-0.2, -0.15) is 0 Å². The summed E-state index contributed by atoms with van der Waals surface area (Å²) in [7, 11) is 0. The van der Waals surface area contributed by atoms with E-state index in [0.29, 0.717) is 0 Å². The number of carbonyl (C=O) groups excluding carboxylic acids is 2. The Morgan fingerprint density at radius 1 is 1.27 bits per heavy atom. The maximum absolute atomic E-state index is 11.1. The number of aromatic hydroxyl groups is 1. The smallest absolute Gasteiger partial charge is 0.327 e. The molecule has 0 spiro atoms. The zero-order valence-corrected chi connectivity index (χ0v) is 8.49. The molecule has 0 aromatic heterocycles. The van der Waals surface area contributed by atoms with E-state index in [0.717, 1.165) is 4.90 Å². The first-order valence-electron chi connectivity index (χ1n) is 4.35. The minimum atomic E-state index is -0.488. The predicted molar refractivity (Wildman–Crippen MR) is 53.5 cm³/mol. The van der Waals surface area contributed by atoms with Crippen LogP contribution in [0.15, 0.2) is 29.2 Å². The molecule has 0 bridgehead atoms. The fourth-order valence-corrected chi connectivity index (χ4v) is 2.22. The molecule has 1 unspecified atom stereocenters. The van der Waals surface area contributed by atoms with Crippen LogP contribution in [-0.4, -0.2) is 22.3 Å². The Morgan fingerprint density at radius 2 is 1.93 bits per heavy atom. The number of thioether (sulfide) groups is 1. The van der Waals surface area contributed by atoms with Crippen LogP contribution in [0.5, 0.6) is 5.75 Å². The van der Waals surface area contributed by atoms with E-state index in [1.165, 1.54) is 23.9 Å². The van der Waals surface area contributed by atoms with Gasteiger partial charge in [-0.3, -0.25) is 9.59 Å². The molecule has 5 heteroatoms. The number of ether oxygens (including phenoxy) is 1. The van der Waals surface area contributed by atoms with E-state index in [1.54, 1.807) is 12.1 Å². The van der Waals surface area contributed by atoms with Gasteiger partial charge in [-0.15, -0.1) is 11.8 Å². The van der Waals surface area contributed by atoms with Crippen molar-refractivity contribution in [2.24, 2.45) is 0 Å². The third-order valence-electron chi connectivity index (χ3n) is 1.94. The van der Waals surface area contributed by atoms with Gasteiger partial charge in [0.05, 0.1) is 6.42 Å². The van der Waals surface area contributed by atoms with Crippen molar-refractivity contribution in [3.05, 3.63) is 24.3 Å². The van der Waals surface area contributed by atoms with Crippen molar-refractivity contribution >= 4 is 23.7 Å². The zero-order chi connectivity index (χ0) is 10.8. The Labute approximate surface area is 90.2 Å². The van der Waals surface area contributed by atoms with Crippen molar-refractivity contribution < 1.29 is 19.4 Å². The summed E-state index contributed by atoms with van der Waals surface area (Å²) >= 11 is 1.27. The topological polar surface area (TPSA) is 63.6 Å². The maximum atomic E-state index is 11.1. The van der Waals surface area contributed by atoms with Gasteiger partial charge in [-0.1, -0.05) is 0 Å². The molecule has 0 amide bonds. The second-order valence-electron chi connectivity index (χ2n) is 3.10.